The van der Waals surface area contributed by atoms with Gasteiger partial charge in [0.05, 0.1) is 0 Å². The van der Waals surface area contributed by atoms with Gasteiger partial charge in [-0.1, -0.05) is 30.3 Å². The molecule has 0 aromatic heterocycles. The number of likely N-dealkylation sites (N-methyl/N-ethyl adjacent to an activating group) is 1. The van der Waals surface area contributed by atoms with Crippen molar-refractivity contribution in [3.63, 3.8) is 0 Å². The molecule has 0 radical (unpaired) electrons. The molecule has 1 aromatic rings. The van der Waals surface area contributed by atoms with E-state index in [1.54, 1.807) is 0 Å². The van der Waals surface area contributed by atoms with Crippen LogP contribution in [0.1, 0.15) is 18.4 Å². The van der Waals surface area contributed by atoms with E-state index in [9.17, 15) is 4.39 Å². The van der Waals surface area contributed by atoms with E-state index in [0.29, 0.717) is 12.6 Å². The Morgan fingerprint density at radius 2 is 1.93 bits per heavy atom. The minimum absolute atomic E-state index is 0.0428. The van der Waals surface area contributed by atoms with Crippen molar-refractivity contribution in [3.05, 3.63) is 35.9 Å². The number of rotatable bonds is 1. The molecule has 0 bridgehead atoms. The third kappa shape index (κ3) is 1.55. The van der Waals surface area contributed by atoms with Gasteiger partial charge in [0.15, 0.2) is 0 Å². The average molecular weight is 193 g/mol. The van der Waals surface area contributed by atoms with Crippen LogP contribution in [0.3, 0.4) is 0 Å². The van der Waals surface area contributed by atoms with Crippen molar-refractivity contribution >= 4 is 0 Å². The van der Waals surface area contributed by atoms with Gasteiger partial charge in [-0.2, -0.15) is 0 Å². The molecular formula is C12H16FN. The minimum Gasteiger partial charge on any atom is -0.300 e. The Labute approximate surface area is 84.5 Å². The zero-order valence-corrected chi connectivity index (χ0v) is 8.65. The second-order valence-electron chi connectivity index (χ2n) is 4.13. The lowest BCUT2D eigenvalue weighted by Gasteiger charge is -2.20. The Hall–Kier alpha value is -0.890. The quantitative estimate of drug-likeness (QED) is 0.662. The molecule has 1 nitrogen and oxygen atoms in total. The van der Waals surface area contributed by atoms with Gasteiger partial charge in [0.1, 0.15) is 6.17 Å². The fraction of sp³-hybridized carbons (Fsp3) is 0.500. The van der Waals surface area contributed by atoms with Crippen molar-refractivity contribution in [2.24, 2.45) is 0 Å². The SMILES string of the molecule is C[C@H]1[C@H](c2ccccc2)[C@@H](F)CN1C. The van der Waals surface area contributed by atoms with Crippen molar-refractivity contribution in [1.29, 1.82) is 0 Å². The van der Waals surface area contributed by atoms with E-state index >= 15 is 0 Å². The minimum atomic E-state index is -0.725. The van der Waals surface area contributed by atoms with Gasteiger partial charge in [-0.05, 0) is 19.5 Å². The molecule has 3 atom stereocenters. The van der Waals surface area contributed by atoms with Crippen LogP contribution in [0.25, 0.3) is 0 Å². The third-order valence-electron chi connectivity index (χ3n) is 3.25. The fourth-order valence-corrected chi connectivity index (χ4v) is 2.29. The van der Waals surface area contributed by atoms with E-state index in [-0.39, 0.29) is 5.92 Å². The first-order chi connectivity index (χ1) is 6.70. The predicted molar refractivity (Wildman–Crippen MR) is 56.2 cm³/mol. The number of likely N-dealkylation sites (tertiary alicyclic amines) is 1. The molecule has 0 saturated carbocycles. The van der Waals surface area contributed by atoms with E-state index in [4.69, 9.17) is 0 Å². The number of halogens is 1. The van der Waals surface area contributed by atoms with Gasteiger partial charge in [-0.3, -0.25) is 0 Å². The van der Waals surface area contributed by atoms with E-state index in [0.717, 1.165) is 5.56 Å². The Bertz CT molecular complexity index is 298. The van der Waals surface area contributed by atoms with Crippen LogP contribution in [0.4, 0.5) is 4.39 Å². The van der Waals surface area contributed by atoms with Crippen molar-refractivity contribution in [2.75, 3.05) is 13.6 Å². The molecule has 1 aromatic carbocycles. The molecule has 2 heteroatoms. The van der Waals surface area contributed by atoms with Gasteiger partial charge in [-0.15, -0.1) is 0 Å². The molecule has 1 heterocycles. The number of nitrogens with zero attached hydrogens (tertiary/aromatic N) is 1. The van der Waals surface area contributed by atoms with Crippen LogP contribution in [-0.2, 0) is 0 Å². The molecule has 0 aliphatic carbocycles. The lowest BCUT2D eigenvalue weighted by Crippen LogP contribution is -2.24. The van der Waals surface area contributed by atoms with Gasteiger partial charge in [0.2, 0.25) is 0 Å². The van der Waals surface area contributed by atoms with Crippen LogP contribution in [-0.4, -0.2) is 30.7 Å². The Morgan fingerprint density at radius 1 is 1.29 bits per heavy atom. The Balaban J connectivity index is 2.26. The summed E-state index contributed by atoms with van der Waals surface area (Å²) in [6, 6.07) is 10.3. The standard InChI is InChI=1S/C12H16FN/c1-9-12(11(13)8-14(9)2)10-6-4-3-5-7-10/h3-7,9,11-12H,8H2,1-2H3/t9-,11-,12+/m0/s1. The number of alkyl halides is 1. The monoisotopic (exact) mass is 193 g/mol. The zero-order chi connectivity index (χ0) is 10.1. The zero-order valence-electron chi connectivity index (χ0n) is 8.65. The Morgan fingerprint density at radius 3 is 2.43 bits per heavy atom. The van der Waals surface area contributed by atoms with E-state index in [1.165, 1.54) is 0 Å². The highest BCUT2D eigenvalue weighted by molar-refractivity contribution is 5.24. The lowest BCUT2D eigenvalue weighted by molar-refractivity contribution is 0.303. The maximum atomic E-state index is 13.7. The molecule has 0 N–H and O–H groups in total. The summed E-state index contributed by atoms with van der Waals surface area (Å²) >= 11 is 0. The molecule has 0 unspecified atom stereocenters. The molecular weight excluding hydrogens is 177 g/mol. The number of hydrogen-bond donors (Lipinski definition) is 0. The van der Waals surface area contributed by atoms with Crippen LogP contribution in [0.2, 0.25) is 0 Å². The topological polar surface area (TPSA) is 3.24 Å². The van der Waals surface area contributed by atoms with Gasteiger partial charge in [0.25, 0.3) is 0 Å². The molecule has 14 heavy (non-hydrogen) atoms. The maximum Gasteiger partial charge on any atom is 0.121 e. The van der Waals surface area contributed by atoms with Crippen LogP contribution >= 0.6 is 0 Å². The predicted octanol–water partition coefficient (Wildman–Crippen LogP) is 2.44. The molecule has 1 fully saturated rings. The normalized spacial score (nSPS) is 33.5. The average Bonchev–Trinajstić information content (AvgIpc) is 2.43. The van der Waals surface area contributed by atoms with E-state index in [1.807, 2.05) is 37.4 Å². The second-order valence-corrected chi connectivity index (χ2v) is 4.13. The Kier molecular flexibility index (Phi) is 2.55. The molecule has 1 aliphatic rings. The van der Waals surface area contributed by atoms with E-state index in [2.05, 4.69) is 11.8 Å². The summed E-state index contributed by atoms with van der Waals surface area (Å²) in [4.78, 5) is 2.09. The lowest BCUT2D eigenvalue weighted by atomic mass is 9.92. The van der Waals surface area contributed by atoms with Crippen LogP contribution in [0, 0.1) is 0 Å². The fourth-order valence-electron chi connectivity index (χ4n) is 2.29. The van der Waals surface area contributed by atoms with Gasteiger partial charge in [-0.25, -0.2) is 4.39 Å². The summed E-state index contributed by atoms with van der Waals surface area (Å²) in [5.74, 6) is 0.0428. The highest BCUT2D eigenvalue weighted by Gasteiger charge is 2.38. The number of hydrogen-bond acceptors (Lipinski definition) is 1. The summed E-state index contributed by atoms with van der Waals surface area (Å²) in [7, 11) is 1.99. The van der Waals surface area contributed by atoms with Crippen molar-refractivity contribution in [3.8, 4) is 0 Å². The summed E-state index contributed by atoms with van der Waals surface area (Å²) in [6.07, 6.45) is -0.725. The van der Waals surface area contributed by atoms with Crippen LogP contribution < -0.4 is 0 Å². The first kappa shape index (κ1) is 9.66. The van der Waals surface area contributed by atoms with Crippen molar-refractivity contribution in [2.45, 2.75) is 25.1 Å². The van der Waals surface area contributed by atoms with Gasteiger partial charge in [0, 0.05) is 18.5 Å². The second kappa shape index (κ2) is 3.70. The molecule has 0 spiro atoms. The summed E-state index contributed by atoms with van der Waals surface area (Å²) in [5, 5.41) is 0. The van der Waals surface area contributed by atoms with Crippen molar-refractivity contribution < 1.29 is 4.39 Å². The van der Waals surface area contributed by atoms with Crippen LogP contribution in [0.5, 0.6) is 0 Å². The molecule has 2 rings (SSSR count). The third-order valence-corrected chi connectivity index (χ3v) is 3.25. The first-order valence-electron chi connectivity index (χ1n) is 5.09. The molecule has 1 saturated heterocycles. The first-order valence-corrected chi connectivity index (χ1v) is 5.09. The smallest absolute Gasteiger partial charge is 0.121 e. The van der Waals surface area contributed by atoms with Crippen molar-refractivity contribution in [1.82, 2.24) is 4.90 Å². The summed E-state index contributed by atoms with van der Waals surface area (Å²) in [5.41, 5.74) is 1.12. The van der Waals surface area contributed by atoms with Crippen LogP contribution in [0.15, 0.2) is 30.3 Å². The molecule has 76 valence electrons. The highest BCUT2D eigenvalue weighted by atomic mass is 19.1. The molecule has 1 aliphatic heterocycles. The maximum absolute atomic E-state index is 13.7. The highest BCUT2D eigenvalue weighted by Crippen LogP contribution is 2.34. The number of benzene rings is 1. The van der Waals surface area contributed by atoms with Gasteiger partial charge < -0.3 is 4.90 Å². The summed E-state index contributed by atoms with van der Waals surface area (Å²) < 4.78 is 13.7. The summed E-state index contributed by atoms with van der Waals surface area (Å²) in [6.45, 7) is 2.65. The molecule has 0 amide bonds. The largest absolute Gasteiger partial charge is 0.300 e. The van der Waals surface area contributed by atoms with Gasteiger partial charge >= 0.3 is 0 Å². The van der Waals surface area contributed by atoms with E-state index < -0.39 is 6.17 Å².